The lowest BCUT2D eigenvalue weighted by molar-refractivity contribution is -0.116. The Balaban J connectivity index is 2.51. The number of benzene rings is 1. The topological polar surface area (TPSA) is 80.4 Å². The van der Waals surface area contributed by atoms with Crippen molar-refractivity contribution in [3.05, 3.63) is 23.9 Å². The van der Waals surface area contributed by atoms with Crippen molar-refractivity contribution in [2.24, 2.45) is 5.92 Å². The molecular formula is C17H21BrN2O4. The molecular weight excluding hydrogens is 376 g/mol. The number of ether oxygens (including phenoxy) is 2. The standard InChI is InChI=1S/C17H21BrN2O4/c1-5-24-17(22)15-14(20-16(21)13(18)9(2)3)11-8-10(23-4)6-7-12(11)19-15/h6-9,13,19H,5H2,1-4H3,(H,20,21)/t13-/m0/s1. The molecule has 1 atom stereocenters. The number of amides is 1. The molecule has 1 aromatic carbocycles. The number of anilines is 1. The number of hydrogen-bond donors (Lipinski definition) is 2. The van der Waals surface area contributed by atoms with Gasteiger partial charge in [0.25, 0.3) is 0 Å². The summed E-state index contributed by atoms with van der Waals surface area (Å²) in [6, 6.07) is 5.34. The monoisotopic (exact) mass is 396 g/mol. The average Bonchev–Trinajstić information content (AvgIpc) is 2.92. The van der Waals surface area contributed by atoms with Crippen molar-refractivity contribution in [1.82, 2.24) is 4.98 Å². The van der Waals surface area contributed by atoms with Crippen LogP contribution in [0.5, 0.6) is 5.75 Å². The Bertz CT molecular complexity index is 754. The van der Waals surface area contributed by atoms with Gasteiger partial charge in [-0.05, 0) is 31.0 Å². The molecule has 1 amide bonds. The molecule has 0 aliphatic rings. The molecule has 6 nitrogen and oxygen atoms in total. The molecule has 1 heterocycles. The fourth-order valence-corrected chi connectivity index (χ4v) is 2.39. The number of nitrogens with one attached hydrogen (secondary N) is 2. The fraction of sp³-hybridized carbons (Fsp3) is 0.412. The van der Waals surface area contributed by atoms with E-state index in [0.717, 1.165) is 0 Å². The smallest absolute Gasteiger partial charge is 0.356 e. The zero-order valence-corrected chi connectivity index (χ0v) is 15.7. The van der Waals surface area contributed by atoms with E-state index in [2.05, 4.69) is 26.2 Å². The quantitative estimate of drug-likeness (QED) is 0.575. The number of aromatic amines is 1. The van der Waals surface area contributed by atoms with Crippen LogP contribution in [0.4, 0.5) is 5.69 Å². The van der Waals surface area contributed by atoms with Gasteiger partial charge in [-0.25, -0.2) is 4.79 Å². The van der Waals surface area contributed by atoms with Gasteiger partial charge in [-0.3, -0.25) is 4.79 Å². The van der Waals surface area contributed by atoms with E-state index in [1.54, 1.807) is 32.2 Å². The Hall–Kier alpha value is -2.02. The van der Waals surface area contributed by atoms with Gasteiger partial charge in [0.05, 0.1) is 24.2 Å². The van der Waals surface area contributed by atoms with Gasteiger partial charge >= 0.3 is 5.97 Å². The molecule has 0 unspecified atom stereocenters. The minimum Gasteiger partial charge on any atom is -0.497 e. The lowest BCUT2D eigenvalue weighted by Gasteiger charge is -2.14. The van der Waals surface area contributed by atoms with Gasteiger partial charge in [0, 0.05) is 10.9 Å². The summed E-state index contributed by atoms with van der Waals surface area (Å²) in [5, 5.41) is 3.52. The van der Waals surface area contributed by atoms with Crippen molar-refractivity contribution >= 4 is 44.4 Å². The van der Waals surface area contributed by atoms with Gasteiger partial charge in [-0.15, -0.1) is 0 Å². The first-order valence-electron chi connectivity index (χ1n) is 7.70. The van der Waals surface area contributed by atoms with E-state index in [-0.39, 0.29) is 29.0 Å². The van der Waals surface area contributed by atoms with E-state index in [4.69, 9.17) is 9.47 Å². The normalized spacial score (nSPS) is 12.2. The Morgan fingerprint density at radius 2 is 2.04 bits per heavy atom. The molecule has 0 aliphatic carbocycles. The first-order valence-corrected chi connectivity index (χ1v) is 8.62. The Morgan fingerprint density at radius 1 is 1.33 bits per heavy atom. The van der Waals surface area contributed by atoms with Gasteiger partial charge in [0.2, 0.25) is 5.91 Å². The lowest BCUT2D eigenvalue weighted by atomic mass is 10.1. The number of methoxy groups -OCH3 is 1. The third-order valence-electron chi connectivity index (χ3n) is 3.57. The third kappa shape index (κ3) is 3.72. The zero-order chi connectivity index (χ0) is 17.9. The first-order chi connectivity index (χ1) is 11.4. The fourth-order valence-electron chi connectivity index (χ4n) is 2.28. The number of halogens is 1. The summed E-state index contributed by atoms with van der Waals surface area (Å²) in [5.74, 6) is 0.000324. The molecule has 2 aromatic rings. The molecule has 2 rings (SSSR count). The molecule has 0 fully saturated rings. The number of H-pyrrole nitrogens is 1. The highest BCUT2D eigenvalue weighted by molar-refractivity contribution is 9.10. The van der Waals surface area contributed by atoms with Crippen LogP contribution in [0.2, 0.25) is 0 Å². The van der Waals surface area contributed by atoms with E-state index < -0.39 is 5.97 Å². The molecule has 0 spiro atoms. The van der Waals surface area contributed by atoms with Crippen LogP contribution in [0.1, 0.15) is 31.3 Å². The van der Waals surface area contributed by atoms with Crippen LogP contribution in [-0.4, -0.2) is 35.4 Å². The maximum atomic E-state index is 12.4. The number of aromatic nitrogens is 1. The van der Waals surface area contributed by atoms with Gasteiger partial charge in [-0.2, -0.15) is 0 Å². The van der Waals surface area contributed by atoms with Gasteiger partial charge in [-0.1, -0.05) is 29.8 Å². The van der Waals surface area contributed by atoms with Crippen molar-refractivity contribution < 1.29 is 19.1 Å². The van der Waals surface area contributed by atoms with Crippen molar-refractivity contribution in [3.8, 4) is 5.75 Å². The van der Waals surface area contributed by atoms with E-state index in [9.17, 15) is 9.59 Å². The van der Waals surface area contributed by atoms with Crippen LogP contribution in [0.15, 0.2) is 18.2 Å². The van der Waals surface area contributed by atoms with Gasteiger partial charge in [0.15, 0.2) is 0 Å². The van der Waals surface area contributed by atoms with Crippen molar-refractivity contribution in [2.75, 3.05) is 19.0 Å². The number of rotatable bonds is 6. The van der Waals surface area contributed by atoms with Crippen LogP contribution in [-0.2, 0) is 9.53 Å². The number of carbonyl (C=O) groups is 2. The highest BCUT2D eigenvalue weighted by Crippen LogP contribution is 2.32. The summed E-state index contributed by atoms with van der Waals surface area (Å²) in [4.78, 5) is 27.3. The Morgan fingerprint density at radius 3 is 2.62 bits per heavy atom. The second-order valence-electron chi connectivity index (χ2n) is 5.64. The third-order valence-corrected chi connectivity index (χ3v) is 5.04. The molecule has 7 heteroatoms. The van der Waals surface area contributed by atoms with Crippen molar-refractivity contribution in [2.45, 2.75) is 25.6 Å². The average molecular weight is 397 g/mol. The lowest BCUT2D eigenvalue weighted by Crippen LogP contribution is -2.27. The summed E-state index contributed by atoms with van der Waals surface area (Å²) in [7, 11) is 1.56. The summed E-state index contributed by atoms with van der Waals surface area (Å²) in [6.45, 7) is 5.85. The molecule has 0 saturated heterocycles. The second-order valence-corrected chi connectivity index (χ2v) is 6.63. The SMILES string of the molecule is CCOC(=O)c1[nH]c2ccc(OC)cc2c1NC(=O)[C@@H](Br)C(C)C. The summed E-state index contributed by atoms with van der Waals surface area (Å²) in [6.07, 6.45) is 0. The highest BCUT2D eigenvalue weighted by atomic mass is 79.9. The number of fused-ring (bicyclic) bond motifs is 1. The van der Waals surface area contributed by atoms with Crippen LogP contribution in [0, 0.1) is 5.92 Å². The van der Waals surface area contributed by atoms with E-state index >= 15 is 0 Å². The maximum Gasteiger partial charge on any atom is 0.356 e. The molecule has 2 N–H and O–H groups in total. The second kappa shape index (κ2) is 7.70. The Kier molecular flexibility index (Phi) is 5.88. The molecule has 130 valence electrons. The Labute approximate surface area is 149 Å². The summed E-state index contributed by atoms with van der Waals surface area (Å²) < 4.78 is 10.3. The predicted molar refractivity (Wildman–Crippen MR) is 97.0 cm³/mol. The minimum absolute atomic E-state index is 0.107. The first kappa shape index (κ1) is 18.3. The zero-order valence-electron chi connectivity index (χ0n) is 14.1. The summed E-state index contributed by atoms with van der Waals surface area (Å²) in [5.41, 5.74) is 1.33. The number of esters is 1. The van der Waals surface area contributed by atoms with Crippen molar-refractivity contribution in [1.29, 1.82) is 0 Å². The molecule has 0 saturated carbocycles. The van der Waals surface area contributed by atoms with Crippen LogP contribution in [0.3, 0.4) is 0 Å². The van der Waals surface area contributed by atoms with E-state index in [1.807, 2.05) is 13.8 Å². The largest absolute Gasteiger partial charge is 0.497 e. The van der Waals surface area contributed by atoms with Crippen molar-refractivity contribution in [3.63, 3.8) is 0 Å². The molecule has 0 bridgehead atoms. The predicted octanol–water partition coefficient (Wildman–Crippen LogP) is 3.71. The van der Waals surface area contributed by atoms with Crippen LogP contribution in [0.25, 0.3) is 10.9 Å². The van der Waals surface area contributed by atoms with Crippen LogP contribution >= 0.6 is 15.9 Å². The maximum absolute atomic E-state index is 12.4. The number of carbonyl (C=O) groups excluding carboxylic acids is 2. The molecule has 0 aliphatic heterocycles. The highest BCUT2D eigenvalue weighted by Gasteiger charge is 2.25. The van der Waals surface area contributed by atoms with Gasteiger partial charge < -0.3 is 19.8 Å². The van der Waals surface area contributed by atoms with Gasteiger partial charge in [0.1, 0.15) is 11.4 Å². The number of hydrogen-bond acceptors (Lipinski definition) is 4. The molecule has 1 aromatic heterocycles. The minimum atomic E-state index is -0.515. The summed E-state index contributed by atoms with van der Waals surface area (Å²) >= 11 is 3.37. The van der Waals surface area contributed by atoms with Crippen LogP contribution < -0.4 is 10.1 Å². The molecule has 0 radical (unpaired) electrons. The number of alkyl halides is 1. The van der Waals surface area contributed by atoms with E-state index in [1.165, 1.54) is 0 Å². The van der Waals surface area contributed by atoms with E-state index in [0.29, 0.717) is 22.3 Å². The molecule has 24 heavy (non-hydrogen) atoms.